The maximum Gasteiger partial charge on any atom is 0.422 e. The van der Waals surface area contributed by atoms with Gasteiger partial charge in [0.05, 0.1) is 0 Å². The Bertz CT molecular complexity index is 1050. The van der Waals surface area contributed by atoms with Crippen LogP contribution in [0, 0.1) is 0 Å². The van der Waals surface area contributed by atoms with Crippen molar-refractivity contribution in [3.05, 3.63) is 64.7 Å². The lowest BCUT2D eigenvalue weighted by Crippen LogP contribution is -2.21. The maximum atomic E-state index is 12.5. The molecule has 0 unspecified atom stereocenters. The fraction of sp³-hybridized carbons (Fsp3) is 0.158. The number of carbonyl (C=O) groups excluding carboxylic acids is 1. The van der Waals surface area contributed by atoms with Crippen molar-refractivity contribution in [2.24, 2.45) is 0 Å². The largest absolute Gasteiger partial charge is 0.454 e. The van der Waals surface area contributed by atoms with Gasteiger partial charge in [0.25, 0.3) is 5.24 Å². The summed E-state index contributed by atoms with van der Waals surface area (Å²) in [4.78, 5) is 23.0. The van der Waals surface area contributed by atoms with E-state index in [0.29, 0.717) is 10.7 Å². The number of alkyl halides is 3. The van der Waals surface area contributed by atoms with E-state index in [-0.39, 0.29) is 24.0 Å². The molecule has 0 radical (unpaired) electrons. The van der Waals surface area contributed by atoms with Gasteiger partial charge >= 0.3 is 12.2 Å². The SMILES string of the molecule is O=C(Cl)c1ccc(Nc2nc(NCc3ccc(Cl)cc3)nc(OCC(F)(F)F)n2)cc1. The average molecular weight is 472 g/mol. The Hall–Kier alpha value is -3.11. The zero-order valence-corrected chi connectivity index (χ0v) is 17.1. The Balaban J connectivity index is 1.79. The maximum absolute atomic E-state index is 12.5. The van der Waals surface area contributed by atoms with Crippen LogP contribution < -0.4 is 15.4 Å². The minimum Gasteiger partial charge on any atom is -0.454 e. The van der Waals surface area contributed by atoms with Crippen LogP contribution >= 0.6 is 23.2 Å². The molecule has 0 spiro atoms. The molecule has 0 saturated heterocycles. The molecule has 1 aromatic heterocycles. The predicted octanol–water partition coefficient (Wildman–Crippen LogP) is 5.20. The van der Waals surface area contributed by atoms with Crippen molar-refractivity contribution in [3.8, 4) is 6.01 Å². The van der Waals surface area contributed by atoms with E-state index in [1.165, 1.54) is 24.3 Å². The molecule has 0 saturated carbocycles. The molecule has 162 valence electrons. The van der Waals surface area contributed by atoms with Crippen LogP contribution in [0.2, 0.25) is 5.02 Å². The number of benzene rings is 2. The summed E-state index contributed by atoms with van der Waals surface area (Å²) in [6.07, 6.45) is -4.55. The van der Waals surface area contributed by atoms with E-state index in [1.54, 1.807) is 24.3 Å². The summed E-state index contributed by atoms with van der Waals surface area (Å²) in [5, 5.41) is 5.67. The molecule has 31 heavy (non-hydrogen) atoms. The van der Waals surface area contributed by atoms with E-state index >= 15 is 0 Å². The minimum atomic E-state index is -4.55. The Labute approximate surface area is 184 Å². The molecule has 2 aromatic carbocycles. The highest BCUT2D eigenvalue weighted by atomic mass is 35.5. The van der Waals surface area contributed by atoms with E-state index in [4.69, 9.17) is 23.2 Å². The number of hydrogen-bond acceptors (Lipinski definition) is 7. The molecule has 3 aromatic rings. The molecule has 0 aliphatic heterocycles. The van der Waals surface area contributed by atoms with Crippen molar-refractivity contribution >= 4 is 46.0 Å². The first-order chi connectivity index (χ1) is 14.7. The Morgan fingerprint density at radius 2 is 1.61 bits per heavy atom. The zero-order chi connectivity index (χ0) is 22.4. The monoisotopic (exact) mass is 471 g/mol. The average Bonchev–Trinajstić information content (AvgIpc) is 2.72. The van der Waals surface area contributed by atoms with Crippen LogP contribution in [0.5, 0.6) is 6.01 Å². The highest BCUT2D eigenvalue weighted by Gasteiger charge is 2.29. The summed E-state index contributed by atoms with van der Waals surface area (Å²) < 4.78 is 42.2. The van der Waals surface area contributed by atoms with E-state index in [2.05, 4.69) is 30.3 Å². The van der Waals surface area contributed by atoms with Crippen molar-refractivity contribution in [2.45, 2.75) is 12.7 Å². The van der Waals surface area contributed by atoms with Gasteiger partial charge in [0.1, 0.15) is 0 Å². The van der Waals surface area contributed by atoms with Gasteiger partial charge in [-0.25, -0.2) is 0 Å². The summed E-state index contributed by atoms with van der Waals surface area (Å²) in [6.45, 7) is -1.27. The molecule has 0 aliphatic carbocycles. The first-order valence-corrected chi connectivity index (χ1v) is 9.44. The van der Waals surface area contributed by atoms with Gasteiger partial charge in [-0.2, -0.15) is 28.1 Å². The van der Waals surface area contributed by atoms with Crippen molar-refractivity contribution in [2.75, 3.05) is 17.2 Å². The van der Waals surface area contributed by atoms with E-state index in [0.717, 1.165) is 5.56 Å². The summed E-state index contributed by atoms with van der Waals surface area (Å²) in [6, 6.07) is 12.5. The first-order valence-electron chi connectivity index (χ1n) is 8.69. The summed E-state index contributed by atoms with van der Waals surface area (Å²) in [5.41, 5.74) is 1.60. The predicted molar refractivity (Wildman–Crippen MR) is 110 cm³/mol. The Morgan fingerprint density at radius 3 is 2.23 bits per heavy atom. The Kier molecular flexibility index (Phi) is 7.13. The van der Waals surface area contributed by atoms with E-state index in [9.17, 15) is 18.0 Å². The molecule has 0 fully saturated rings. The second-order valence-corrected chi connectivity index (χ2v) is 6.90. The molecular formula is C19H14Cl2F3N5O2. The molecule has 0 amide bonds. The minimum absolute atomic E-state index is 0.00261. The molecule has 0 atom stereocenters. The van der Waals surface area contributed by atoms with Gasteiger partial charge < -0.3 is 15.4 Å². The van der Waals surface area contributed by atoms with Gasteiger partial charge in [0, 0.05) is 22.8 Å². The number of rotatable bonds is 8. The quantitative estimate of drug-likeness (QED) is 0.436. The van der Waals surface area contributed by atoms with Gasteiger partial charge in [-0.1, -0.05) is 23.7 Å². The fourth-order valence-electron chi connectivity index (χ4n) is 2.30. The first kappa shape index (κ1) is 22.6. The molecule has 12 heteroatoms. The van der Waals surface area contributed by atoms with Crippen LogP contribution in [0.1, 0.15) is 15.9 Å². The van der Waals surface area contributed by atoms with Crippen molar-refractivity contribution in [3.63, 3.8) is 0 Å². The number of carbonyl (C=O) groups is 1. The third-order valence-electron chi connectivity index (χ3n) is 3.71. The highest BCUT2D eigenvalue weighted by molar-refractivity contribution is 6.67. The molecular weight excluding hydrogens is 458 g/mol. The number of ether oxygens (including phenoxy) is 1. The van der Waals surface area contributed by atoms with Gasteiger partial charge in [-0.05, 0) is 53.6 Å². The van der Waals surface area contributed by atoms with E-state index in [1.807, 2.05) is 0 Å². The number of hydrogen-bond donors (Lipinski definition) is 2. The van der Waals surface area contributed by atoms with E-state index < -0.39 is 24.0 Å². The smallest absolute Gasteiger partial charge is 0.422 e. The third kappa shape index (κ3) is 7.26. The van der Waals surface area contributed by atoms with Gasteiger partial charge in [-0.15, -0.1) is 0 Å². The van der Waals surface area contributed by atoms with Gasteiger partial charge in [0.15, 0.2) is 6.61 Å². The second-order valence-electron chi connectivity index (χ2n) is 6.13. The number of nitrogens with one attached hydrogen (secondary N) is 2. The van der Waals surface area contributed by atoms with Gasteiger partial charge in [-0.3, -0.25) is 4.79 Å². The lowest BCUT2D eigenvalue weighted by atomic mass is 10.2. The summed E-state index contributed by atoms with van der Waals surface area (Å²) in [5.74, 6) is -0.0621. The summed E-state index contributed by atoms with van der Waals surface area (Å²) >= 11 is 11.3. The van der Waals surface area contributed by atoms with Gasteiger partial charge in [0.2, 0.25) is 11.9 Å². The molecule has 7 nitrogen and oxygen atoms in total. The topological polar surface area (TPSA) is 89.0 Å². The van der Waals surface area contributed by atoms with Crippen LogP contribution in [0.4, 0.5) is 30.8 Å². The fourth-order valence-corrected chi connectivity index (χ4v) is 2.55. The lowest BCUT2D eigenvalue weighted by Gasteiger charge is -2.12. The number of aromatic nitrogens is 3. The van der Waals surface area contributed by atoms with Crippen LogP contribution in [0.15, 0.2) is 48.5 Å². The molecule has 0 bridgehead atoms. The van der Waals surface area contributed by atoms with Crippen LogP contribution in [0.25, 0.3) is 0 Å². The third-order valence-corrected chi connectivity index (χ3v) is 4.18. The number of anilines is 3. The van der Waals surface area contributed by atoms with Crippen LogP contribution in [-0.4, -0.2) is 33.0 Å². The Morgan fingerprint density at radius 1 is 0.968 bits per heavy atom. The molecule has 3 rings (SSSR count). The van der Waals surface area contributed by atoms with Crippen molar-refractivity contribution < 1.29 is 22.7 Å². The molecule has 2 N–H and O–H groups in total. The zero-order valence-electron chi connectivity index (χ0n) is 15.6. The number of halogens is 5. The number of nitrogens with zero attached hydrogens (tertiary/aromatic N) is 3. The second kappa shape index (κ2) is 9.80. The molecule has 1 heterocycles. The van der Waals surface area contributed by atoms with Crippen molar-refractivity contribution in [1.82, 2.24) is 15.0 Å². The van der Waals surface area contributed by atoms with Crippen molar-refractivity contribution in [1.29, 1.82) is 0 Å². The highest BCUT2D eigenvalue weighted by Crippen LogP contribution is 2.21. The molecule has 0 aliphatic rings. The normalized spacial score (nSPS) is 11.1. The lowest BCUT2D eigenvalue weighted by molar-refractivity contribution is -0.154. The summed E-state index contributed by atoms with van der Waals surface area (Å²) in [7, 11) is 0. The standard InChI is InChI=1S/C19H14Cl2F3N5O2/c20-13-5-1-11(2-6-13)9-25-16-27-17(29-18(28-16)31-10-19(22,23)24)26-14-7-3-12(4-8-14)15(21)30/h1-8H,9-10H2,(H2,25,26,27,28,29). The van der Waals surface area contributed by atoms with Crippen LogP contribution in [0.3, 0.4) is 0 Å². The van der Waals surface area contributed by atoms with Crippen LogP contribution in [-0.2, 0) is 6.54 Å².